The van der Waals surface area contributed by atoms with Gasteiger partial charge in [-0.3, -0.25) is 9.69 Å². The lowest BCUT2D eigenvalue weighted by molar-refractivity contribution is 0.249. The lowest BCUT2D eigenvalue weighted by Crippen LogP contribution is -2.46. The van der Waals surface area contributed by atoms with Crippen molar-refractivity contribution in [1.82, 2.24) is 18.9 Å². The molecule has 0 atom stereocenters. The zero-order chi connectivity index (χ0) is 19.9. The van der Waals surface area contributed by atoms with Gasteiger partial charge in [0.2, 0.25) is 0 Å². The fourth-order valence-electron chi connectivity index (χ4n) is 3.64. The molecule has 1 aliphatic heterocycles. The van der Waals surface area contributed by atoms with E-state index in [9.17, 15) is 4.79 Å². The molecule has 0 bridgehead atoms. The molecule has 6 nitrogen and oxygen atoms in total. The Labute approximate surface area is 166 Å². The molecule has 148 valence electrons. The minimum atomic E-state index is 0.0518. The van der Waals surface area contributed by atoms with Gasteiger partial charge in [-0.2, -0.15) is 0 Å². The summed E-state index contributed by atoms with van der Waals surface area (Å²) in [6.07, 6.45) is 6.18. The van der Waals surface area contributed by atoms with E-state index in [1.165, 1.54) is 5.69 Å². The largest absolute Gasteiger partial charge is 0.368 e. The van der Waals surface area contributed by atoms with Crippen molar-refractivity contribution in [2.75, 3.05) is 31.1 Å². The molecule has 3 aromatic heterocycles. The SMILES string of the molecule is Cn1ccc(CN2CCN(c3ccc4nc(C(C)(C)C)cn4c3)CC2)cc1=O. The monoisotopic (exact) mass is 379 g/mol. The molecular formula is C22H29N5O. The second kappa shape index (κ2) is 7.09. The Kier molecular flexibility index (Phi) is 4.75. The summed E-state index contributed by atoms with van der Waals surface area (Å²) in [5.74, 6) is 0. The summed E-state index contributed by atoms with van der Waals surface area (Å²) in [6.45, 7) is 11.4. The standard InChI is InChI=1S/C22H29N5O/c1-22(2,3)19-16-27-15-18(5-6-20(27)23-19)26-11-9-25(10-12-26)14-17-7-8-24(4)21(28)13-17/h5-8,13,15-16H,9-12,14H2,1-4H3. The van der Waals surface area contributed by atoms with Gasteiger partial charge in [-0.1, -0.05) is 20.8 Å². The molecular weight excluding hydrogens is 350 g/mol. The van der Waals surface area contributed by atoms with Crippen molar-refractivity contribution in [3.05, 3.63) is 64.5 Å². The van der Waals surface area contributed by atoms with Gasteiger partial charge in [-0.25, -0.2) is 4.98 Å². The summed E-state index contributed by atoms with van der Waals surface area (Å²) in [6, 6.07) is 8.06. The van der Waals surface area contributed by atoms with Crippen LogP contribution in [0.25, 0.3) is 5.65 Å². The van der Waals surface area contributed by atoms with Gasteiger partial charge >= 0.3 is 0 Å². The first-order valence-corrected chi connectivity index (χ1v) is 9.92. The minimum absolute atomic E-state index is 0.0518. The predicted octanol–water partition coefficient (Wildman–Crippen LogP) is 2.65. The highest BCUT2D eigenvalue weighted by molar-refractivity contribution is 5.53. The zero-order valence-corrected chi connectivity index (χ0v) is 17.2. The van der Waals surface area contributed by atoms with Crippen molar-refractivity contribution in [2.24, 2.45) is 7.05 Å². The Morgan fingerprint density at radius 2 is 1.79 bits per heavy atom. The average molecular weight is 380 g/mol. The Balaban J connectivity index is 1.43. The second-order valence-electron chi connectivity index (χ2n) is 8.78. The molecule has 1 aliphatic rings. The number of anilines is 1. The first kappa shape index (κ1) is 18.7. The lowest BCUT2D eigenvalue weighted by atomic mass is 9.93. The van der Waals surface area contributed by atoms with Gasteiger partial charge in [0.15, 0.2) is 0 Å². The smallest absolute Gasteiger partial charge is 0.250 e. The maximum Gasteiger partial charge on any atom is 0.250 e. The molecule has 0 radical (unpaired) electrons. The van der Waals surface area contributed by atoms with E-state index >= 15 is 0 Å². The molecule has 3 aromatic rings. The first-order chi connectivity index (χ1) is 13.3. The van der Waals surface area contributed by atoms with E-state index in [0.717, 1.165) is 49.6 Å². The maximum atomic E-state index is 11.8. The Morgan fingerprint density at radius 1 is 1.04 bits per heavy atom. The summed E-state index contributed by atoms with van der Waals surface area (Å²) in [4.78, 5) is 21.4. The van der Waals surface area contributed by atoms with Crippen molar-refractivity contribution in [1.29, 1.82) is 0 Å². The molecule has 0 aliphatic carbocycles. The Bertz CT molecular complexity index is 1030. The van der Waals surface area contributed by atoms with Crippen LogP contribution in [0, 0.1) is 0 Å². The molecule has 28 heavy (non-hydrogen) atoms. The van der Waals surface area contributed by atoms with E-state index in [1.807, 2.05) is 12.3 Å². The van der Waals surface area contributed by atoms with Crippen LogP contribution in [0.1, 0.15) is 32.0 Å². The van der Waals surface area contributed by atoms with Crippen LogP contribution in [0.2, 0.25) is 0 Å². The fraction of sp³-hybridized carbons (Fsp3) is 0.455. The molecule has 0 unspecified atom stereocenters. The Morgan fingerprint density at radius 3 is 2.46 bits per heavy atom. The Hall–Kier alpha value is -2.60. The number of fused-ring (bicyclic) bond motifs is 1. The van der Waals surface area contributed by atoms with Crippen LogP contribution >= 0.6 is 0 Å². The third-order valence-electron chi connectivity index (χ3n) is 5.52. The van der Waals surface area contributed by atoms with Crippen molar-refractivity contribution < 1.29 is 0 Å². The molecule has 4 rings (SSSR count). The van der Waals surface area contributed by atoms with E-state index < -0.39 is 0 Å². The van der Waals surface area contributed by atoms with Crippen LogP contribution in [0.3, 0.4) is 0 Å². The molecule has 0 N–H and O–H groups in total. The normalized spacial score (nSPS) is 16.1. The zero-order valence-electron chi connectivity index (χ0n) is 17.2. The number of aryl methyl sites for hydroxylation is 1. The highest BCUT2D eigenvalue weighted by atomic mass is 16.1. The van der Waals surface area contributed by atoms with Crippen LogP contribution in [0.4, 0.5) is 5.69 Å². The van der Waals surface area contributed by atoms with Crippen LogP contribution in [-0.2, 0) is 19.0 Å². The minimum Gasteiger partial charge on any atom is -0.368 e. The van der Waals surface area contributed by atoms with Crippen LogP contribution in [-0.4, -0.2) is 45.0 Å². The number of hydrogen-bond donors (Lipinski definition) is 0. The number of pyridine rings is 2. The van der Waals surface area contributed by atoms with Gasteiger partial charge in [0.05, 0.1) is 11.4 Å². The van der Waals surface area contributed by atoms with Crippen LogP contribution < -0.4 is 10.5 Å². The molecule has 0 amide bonds. The van der Waals surface area contributed by atoms with E-state index in [-0.39, 0.29) is 11.0 Å². The van der Waals surface area contributed by atoms with Gasteiger partial charge < -0.3 is 13.9 Å². The van der Waals surface area contributed by atoms with Gasteiger partial charge in [0.25, 0.3) is 5.56 Å². The number of rotatable bonds is 3. The maximum absolute atomic E-state index is 11.8. The van der Waals surface area contributed by atoms with Gasteiger partial charge in [0.1, 0.15) is 5.65 Å². The molecule has 1 saturated heterocycles. The van der Waals surface area contributed by atoms with Crippen molar-refractivity contribution in [3.8, 4) is 0 Å². The highest BCUT2D eigenvalue weighted by Crippen LogP contribution is 2.24. The van der Waals surface area contributed by atoms with E-state index in [0.29, 0.717) is 0 Å². The van der Waals surface area contributed by atoms with Crippen molar-refractivity contribution in [3.63, 3.8) is 0 Å². The summed E-state index contributed by atoms with van der Waals surface area (Å²) >= 11 is 0. The van der Waals surface area contributed by atoms with E-state index in [2.05, 4.69) is 59.5 Å². The molecule has 0 saturated carbocycles. The summed E-state index contributed by atoms with van der Waals surface area (Å²) < 4.78 is 3.75. The van der Waals surface area contributed by atoms with E-state index in [1.54, 1.807) is 17.7 Å². The molecule has 4 heterocycles. The third kappa shape index (κ3) is 3.83. The number of piperazine rings is 1. The van der Waals surface area contributed by atoms with Gasteiger partial charge in [-0.05, 0) is 23.8 Å². The number of nitrogens with zero attached hydrogens (tertiary/aromatic N) is 5. The lowest BCUT2D eigenvalue weighted by Gasteiger charge is -2.36. The van der Waals surface area contributed by atoms with Crippen molar-refractivity contribution >= 4 is 11.3 Å². The fourth-order valence-corrected chi connectivity index (χ4v) is 3.64. The number of hydrogen-bond acceptors (Lipinski definition) is 4. The molecule has 0 aromatic carbocycles. The summed E-state index contributed by atoms with van der Waals surface area (Å²) in [7, 11) is 1.78. The van der Waals surface area contributed by atoms with Crippen LogP contribution in [0.15, 0.2) is 47.7 Å². The topological polar surface area (TPSA) is 45.8 Å². The van der Waals surface area contributed by atoms with Crippen molar-refractivity contribution in [2.45, 2.75) is 32.7 Å². The second-order valence-corrected chi connectivity index (χ2v) is 8.78. The predicted molar refractivity (Wildman–Crippen MR) is 113 cm³/mol. The third-order valence-corrected chi connectivity index (χ3v) is 5.52. The average Bonchev–Trinajstić information content (AvgIpc) is 3.09. The van der Waals surface area contributed by atoms with Gasteiger partial charge in [-0.15, -0.1) is 0 Å². The van der Waals surface area contributed by atoms with Gasteiger partial charge in [0, 0.05) is 69.8 Å². The number of imidazole rings is 1. The quantitative estimate of drug-likeness (QED) is 0.702. The first-order valence-electron chi connectivity index (χ1n) is 9.92. The molecule has 6 heteroatoms. The summed E-state index contributed by atoms with van der Waals surface area (Å²) in [5, 5.41) is 0. The highest BCUT2D eigenvalue weighted by Gasteiger charge is 2.20. The molecule has 0 spiro atoms. The van der Waals surface area contributed by atoms with E-state index in [4.69, 9.17) is 4.98 Å². The van der Waals surface area contributed by atoms with Crippen LogP contribution in [0.5, 0.6) is 0 Å². The molecule has 1 fully saturated rings. The summed E-state index contributed by atoms with van der Waals surface area (Å²) in [5.41, 5.74) is 4.54. The number of aromatic nitrogens is 3.